The topological polar surface area (TPSA) is 47.6 Å². The van der Waals surface area contributed by atoms with E-state index in [0.29, 0.717) is 5.57 Å². The van der Waals surface area contributed by atoms with Crippen molar-refractivity contribution in [3.05, 3.63) is 11.6 Å². The van der Waals surface area contributed by atoms with Gasteiger partial charge in [-0.15, -0.1) is 0 Å². The quantitative estimate of drug-likeness (QED) is 0.474. The molecule has 0 bridgehead atoms. The summed E-state index contributed by atoms with van der Waals surface area (Å²) >= 11 is 0. The normalized spacial score (nSPS) is 9.62. The standard InChI is InChI=1S/C6H6N2/c1-2-6(5-8)3-4-7/h2H,3H2,1H3/b6-2-. The molecule has 0 spiro atoms. The molecule has 0 aromatic heterocycles. The zero-order valence-corrected chi connectivity index (χ0v) is 4.68. The molecule has 2 nitrogen and oxygen atoms in total. The van der Waals surface area contributed by atoms with E-state index in [1.807, 2.05) is 12.1 Å². The Morgan fingerprint density at radius 2 is 2.25 bits per heavy atom. The van der Waals surface area contributed by atoms with Crippen molar-refractivity contribution in [2.24, 2.45) is 0 Å². The largest absolute Gasteiger partial charge is 0.198 e. The second kappa shape index (κ2) is 3.89. The lowest BCUT2D eigenvalue weighted by Gasteiger charge is -1.79. The van der Waals surface area contributed by atoms with Crippen molar-refractivity contribution in [2.45, 2.75) is 13.3 Å². The summed E-state index contributed by atoms with van der Waals surface area (Å²) in [7, 11) is 0. The van der Waals surface area contributed by atoms with Gasteiger partial charge in [0.1, 0.15) is 0 Å². The highest BCUT2D eigenvalue weighted by Gasteiger charge is 1.87. The first kappa shape index (κ1) is 6.72. The molecule has 0 N–H and O–H groups in total. The molecule has 0 amide bonds. The van der Waals surface area contributed by atoms with E-state index in [2.05, 4.69) is 0 Å². The predicted octanol–water partition coefficient (Wildman–Crippen LogP) is 1.37. The Bertz CT molecular complexity index is 166. The molecule has 0 rings (SSSR count). The summed E-state index contributed by atoms with van der Waals surface area (Å²) in [6, 6.07) is 3.77. The molecule has 0 aliphatic carbocycles. The lowest BCUT2D eigenvalue weighted by atomic mass is 10.2. The fourth-order valence-corrected chi connectivity index (χ4v) is 0.291. The molecule has 0 saturated carbocycles. The van der Waals surface area contributed by atoms with Crippen molar-refractivity contribution < 1.29 is 0 Å². The van der Waals surface area contributed by atoms with Gasteiger partial charge in [0.25, 0.3) is 0 Å². The lowest BCUT2D eigenvalue weighted by Crippen LogP contribution is -1.71. The van der Waals surface area contributed by atoms with Gasteiger partial charge in [0.2, 0.25) is 0 Å². The molecule has 0 fully saturated rings. The van der Waals surface area contributed by atoms with E-state index in [4.69, 9.17) is 10.5 Å². The van der Waals surface area contributed by atoms with E-state index in [1.165, 1.54) is 0 Å². The molecule has 0 radical (unpaired) electrons. The molecule has 40 valence electrons. The van der Waals surface area contributed by atoms with Crippen LogP contribution in [0.5, 0.6) is 0 Å². The predicted molar refractivity (Wildman–Crippen MR) is 29.6 cm³/mol. The number of hydrogen-bond donors (Lipinski definition) is 0. The summed E-state index contributed by atoms with van der Waals surface area (Å²) in [6.45, 7) is 1.75. The van der Waals surface area contributed by atoms with Crippen LogP contribution in [0, 0.1) is 22.7 Å². The average Bonchev–Trinajstić information content (AvgIpc) is 1.83. The van der Waals surface area contributed by atoms with E-state index >= 15 is 0 Å². The fourth-order valence-electron chi connectivity index (χ4n) is 0.291. The van der Waals surface area contributed by atoms with Crippen molar-refractivity contribution in [1.29, 1.82) is 10.5 Å². The van der Waals surface area contributed by atoms with E-state index in [0.717, 1.165) is 0 Å². The highest BCUT2D eigenvalue weighted by atomic mass is 14.3. The number of allylic oxidation sites excluding steroid dienone is 2. The van der Waals surface area contributed by atoms with Gasteiger partial charge in [-0.2, -0.15) is 10.5 Å². The van der Waals surface area contributed by atoms with Crippen molar-refractivity contribution in [3.63, 3.8) is 0 Å². The van der Waals surface area contributed by atoms with Crippen LogP contribution in [-0.4, -0.2) is 0 Å². The summed E-state index contributed by atoms with van der Waals surface area (Å²) in [6.07, 6.45) is 1.87. The van der Waals surface area contributed by atoms with Crippen LogP contribution in [-0.2, 0) is 0 Å². The first-order chi connectivity index (χ1) is 3.85. The van der Waals surface area contributed by atoms with Crippen LogP contribution in [0.4, 0.5) is 0 Å². The first-order valence-electron chi connectivity index (χ1n) is 2.27. The summed E-state index contributed by atoms with van der Waals surface area (Å²) in [5, 5.41) is 16.2. The van der Waals surface area contributed by atoms with Gasteiger partial charge in [-0.1, -0.05) is 6.08 Å². The minimum Gasteiger partial charge on any atom is -0.198 e. The molecule has 8 heavy (non-hydrogen) atoms. The van der Waals surface area contributed by atoms with Crippen molar-refractivity contribution in [1.82, 2.24) is 0 Å². The zero-order chi connectivity index (χ0) is 6.41. The van der Waals surface area contributed by atoms with Crippen molar-refractivity contribution in [2.75, 3.05) is 0 Å². The lowest BCUT2D eigenvalue weighted by molar-refractivity contribution is 1.26. The molecule has 0 aliphatic heterocycles. The fraction of sp³-hybridized carbons (Fsp3) is 0.333. The number of rotatable bonds is 1. The third-order valence-electron chi connectivity index (χ3n) is 0.762. The first-order valence-corrected chi connectivity index (χ1v) is 2.27. The maximum atomic E-state index is 8.19. The van der Waals surface area contributed by atoms with Gasteiger partial charge >= 0.3 is 0 Å². The average molecular weight is 106 g/mol. The molecular weight excluding hydrogens is 100 g/mol. The Balaban J connectivity index is 3.83. The molecule has 0 aliphatic rings. The van der Waals surface area contributed by atoms with Crippen LogP contribution in [0.3, 0.4) is 0 Å². The maximum Gasteiger partial charge on any atom is 0.0954 e. The highest BCUT2D eigenvalue weighted by molar-refractivity contribution is 5.22. The minimum atomic E-state index is 0.229. The minimum absolute atomic E-state index is 0.229. The van der Waals surface area contributed by atoms with Crippen LogP contribution >= 0.6 is 0 Å². The van der Waals surface area contributed by atoms with Gasteiger partial charge in [-0.25, -0.2) is 0 Å². The summed E-state index contributed by atoms with van der Waals surface area (Å²) in [4.78, 5) is 0. The molecule has 0 atom stereocenters. The van der Waals surface area contributed by atoms with E-state index in [9.17, 15) is 0 Å². The van der Waals surface area contributed by atoms with Gasteiger partial charge in [-0.05, 0) is 6.92 Å². The Labute approximate surface area is 48.7 Å². The monoisotopic (exact) mass is 106 g/mol. The molecular formula is C6H6N2. The number of nitrogens with zero attached hydrogens (tertiary/aromatic N) is 2. The summed E-state index contributed by atoms with van der Waals surface area (Å²) in [5.41, 5.74) is 0.535. The SMILES string of the molecule is C/C=C(\C#N)CC#N. The second-order valence-corrected chi connectivity index (χ2v) is 1.26. The van der Waals surface area contributed by atoms with Crippen LogP contribution in [0.2, 0.25) is 0 Å². The van der Waals surface area contributed by atoms with Crippen LogP contribution in [0.25, 0.3) is 0 Å². The van der Waals surface area contributed by atoms with Crippen molar-refractivity contribution >= 4 is 0 Å². The third-order valence-corrected chi connectivity index (χ3v) is 0.762. The highest BCUT2D eigenvalue weighted by Crippen LogP contribution is 1.94. The van der Waals surface area contributed by atoms with Gasteiger partial charge in [0.05, 0.1) is 18.6 Å². The van der Waals surface area contributed by atoms with Gasteiger partial charge in [0, 0.05) is 5.57 Å². The Morgan fingerprint density at radius 1 is 1.62 bits per heavy atom. The van der Waals surface area contributed by atoms with Crippen LogP contribution in [0.15, 0.2) is 11.6 Å². The molecule has 0 unspecified atom stereocenters. The Kier molecular flexibility index (Phi) is 3.27. The van der Waals surface area contributed by atoms with E-state index < -0.39 is 0 Å². The number of hydrogen-bond acceptors (Lipinski definition) is 2. The number of nitriles is 2. The van der Waals surface area contributed by atoms with E-state index in [1.54, 1.807) is 13.0 Å². The zero-order valence-electron chi connectivity index (χ0n) is 4.68. The van der Waals surface area contributed by atoms with Gasteiger partial charge in [0.15, 0.2) is 0 Å². The second-order valence-electron chi connectivity index (χ2n) is 1.26. The van der Waals surface area contributed by atoms with Crippen molar-refractivity contribution in [3.8, 4) is 12.1 Å². The molecule has 0 saturated heterocycles. The summed E-state index contributed by atoms with van der Waals surface area (Å²) < 4.78 is 0. The Hall–Kier alpha value is -1.28. The molecule has 0 aromatic carbocycles. The maximum absolute atomic E-state index is 8.19. The van der Waals surface area contributed by atoms with E-state index in [-0.39, 0.29) is 6.42 Å². The van der Waals surface area contributed by atoms with Gasteiger partial charge < -0.3 is 0 Å². The smallest absolute Gasteiger partial charge is 0.0954 e. The third kappa shape index (κ3) is 2.00. The molecule has 0 aromatic rings. The molecule has 2 heteroatoms. The van der Waals surface area contributed by atoms with Crippen LogP contribution < -0.4 is 0 Å². The van der Waals surface area contributed by atoms with Gasteiger partial charge in [-0.3, -0.25) is 0 Å². The summed E-state index contributed by atoms with van der Waals surface area (Å²) in [5.74, 6) is 0. The Morgan fingerprint density at radius 3 is 2.38 bits per heavy atom. The van der Waals surface area contributed by atoms with Crippen LogP contribution in [0.1, 0.15) is 13.3 Å². The molecule has 0 heterocycles.